The number of hydrogen-bond acceptors (Lipinski definition) is 0. The predicted molar refractivity (Wildman–Crippen MR) is 107 cm³/mol. The predicted octanol–water partition coefficient (Wildman–Crippen LogP) is 5.93. The first-order valence-corrected chi connectivity index (χ1v) is 19.0. The van der Waals surface area contributed by atoms with Crippen molar-refractivity contribution in [1.82, 2.24) is 9.13 Å². The van der Waals surface area contributed by atoms with E-state index in [1.54, 1.807) is 0 Å². The standard InChI is InChI=1S/C12H20N4.8ClH.2Fe/c1-13-7-9-15(11-13)5-3-4-6-16-10-8-14(2)12-16;;;;;;;;;;/h7-12H,3-6H2,1-2H3;8*1H;;/q+2;;;;;;;;;2*+3/p-8. The fraction of sp³-hybridized carbons (Fsp3) is 0.500. The molecule has 0 saturated heterocycles. The van der Waals surface area contributed by atoms with Crippen molar-refractivity contribution in [3.8, 4) is 0 Å². The summed E-state index contributed by atoms with van der Waals surface area (Å²) in [6.45, 7) is 2.21. The van der Waals surface area contributed by atoms with Crippen molar-refractivity contribution in [2.75, 3.05) is 0 Å². The molecule has 0 aliphatic carbocycles. The van der Waals surface area contributed by atoms with Crippen LogP contribution in [-0.4, -0.2) is 9.13 Å². The number of aromatic nitrogens is 4. The molecule has 2 heterocycles. The first-order chi connectivity index (χ1) is 11.7. The second-order valence-corrected chi connectivity index (χ2v) is 26.8. The van der Waals surface area contributed by atoms with Gasteiger partial charge in [0.1, 0.15) is 24.8 Å². The molecular formula is C12H20Cl8Fe2N4. The van der Waals surface area contributed by atoms with Crippen LogP contribution < -0.4 is 9.13 Å². The van der Waals surface area contributed by atoms with E-state index in [1.165, 1.54) is 12.8 Å². The van der Waals surface area contributed by atoms with Crippen LogP contribution in [0.1, 0.15) is 12.8 Å². The van der Waals surface area contributed by atoms with Crippen LogP contribution in [0.3, 0.4) is 0 Å². The summed E-state index contributed by atoms with van der Waals surface area (Å²) in [5.41, 5.74) is 0. The number of aryl methyl sites for hydroxylation is 4. The molecule has 4 nitrogen and oxygen atoms in total. The van der Waals surface area contributed by atoms with Crippen LogP contribution in [0.25, 0.3) is 0 Å². The van der Waals surface area contributed by atoms with E-state index < -0.39 is 18.4 Å². The zero-order valence-electron chi connectivity index (χ0n) is 13.8. The Balaban J connectivity index is 0.000000520. The number of unbranched alkanes of at least 4 members (excludes halogenated alkanes) is 1. The SMILES string of the molecule is C[n+]1ccn(CCCCn2cc[n+](C)c2)c1.[Cl][Fe-]([Cl])([Cl])[Cl].[Cl][Fe-]([Cl])([Cl])[Cl]. The van der Waals surface area contributed by atoms with Crippen LogP contribution >= 0.6 is 80.8 Å². The Hall–Kier alpha value is 1.78. The summed E-state index contributed by atoms with van der Waals surface area (Å²) in [4.78, 5) is 0. The minimum atomic E-state index is -2.61. The molecule has 0 saturated carbocycles. The first kappa shape index (κ1) is 27.8. The van der Waals surface area contributed by atoms with Gasteiger partial charge < -0.3 is 0 Å². The third-order valence-corrected chi connectivity index (χ3v) is 2.73. The summed E-state index contributed by atoms with van der Waals surface area (Å²) in [5, 5.41) is 0. The molecule has 2 aromatic heterocycles. The Bertz CT molecular complexity index is 557. The summed E-state index contributed by atoms with van der Waals surface area (Å²) in [7, 11) is 38.5. The molecule has 2 rings (SSSR count). The second-order valence-electron chi connectivity index (χ2n) is 4.95. The topological polar surface area (TPSA) is 17.6 Å². The molecule has 0 aliphatic heterocycles. The van der Waals surface area contributed by atoms with Gasteiger partial charge >= 0.3 is 99.2 Å². The fourth-order valence-electron chi connectivity index (χ4n) is 1.86. The Morgan fingerprint density at radius 2 is 0.923 bits per heavy atom. The van der Waals surface area contributed by atoms with E-state index in [-0.39, 0.29) is 0 Å². The van der Waals surface area contributed by atoms with Crippen LogP contribution in [0.4, 0.5) is 0 Å². The average molecular weight is 616 g/mol. The Kier molecular flexibility index (Phi) is 14.9. The Morgan fingerprint density at radius 1 is 0.654 bits per heavy atom. The van der Waals surface area contributed by atoms with Crippen molar-refractivity contribution in [1.29, 1.82) is 0 Å². The molecule has 160 valence electrons. The van der Waals surface area contributed by atoms with E-state index in [4.69, 9.17) is 80.8 Å². The monoisotopic (exact) mass is 612 g/mol. The van der Waals surface area contributed by atoms with E-state index in [0.29, 0.717) is 0 Å². The summed E-state index contributed by atoms with van der Waals surface area (Å²) in [6.07, 6.45) is 15.1. The van der Waals surface area contributed by atoms with Gasteiger partial charge in [-0.05, 0) is 12.8 Å². The minimum absolute atomic E-state index is 1.11. The molecule has 0 fully saturated rings. The van der Waals surface area contributed by atoms with Crippen molar-refractivity contribution in [2.45, 2.75) is 25.9 Å². The summed E-state index contributed by atoms with van der Waals surface area (Å²) in [6, 6.07) is 0. The van der Waals surface area contributed by atoms with Gasteiger partial charge in [-0.25, -0.2) is 18.3 Å². The average Bonchev–Trinajstić information content (AvgIpc) is 3.00. The van der Waals surface area contributed by atoms with Gasteiger partial charge in [0.05, 0.1) is 27.2 Å². The zero-order valence-corrected chi connectivity index (χ0v) is 22.1. The Labute approximate surface area is 193 Å². The molecule has 0 amide bonds. The van der Waals surface area contributed by atoms with Gasteiger partial charge in [0, 0.05) is 0 Å². The van der Waals surface area contributed by atoms with Crippen molar-refractivity contribution in [2.24, 2.45) is 14.1 Å². The number of nitrogens with zero attached hydrogens (tertiary/aromatic N) is 4. The normalized spacial score (nSPS) is 12.5. The molecule has 26 heavy (non-hydrogen) atoms. The molecule has 0 N–H and O–H groups in total. The number of imidazole rings is 2. The maximum absolute atomic E-state index is 4.95. The molecule has 0 radical (unpaired) electrons. The molecule has 0 aliphatic rings. The third kappa shape index (κ3) is 22.1. The van der Waals surface area contributed by atoms with Crippen LogP contribution in [-0.2, 0) is 45.6 Å². The molecular weight excluding hydrogens is 595 g/mol. The van der Waals surface area contributed by atoms with Crippen LogP contribution in [0, 0.1) is 0 Å². The first-order valence-electron chi connectivity index (χ1n) is 6.83. The van der Waals surface area contributed by atoms with Crippen molar-refractivity contribution in [3.05, 3.63) is 37.4 Å². The molecule has 0 aromatic carbocycles. The van der Waals surface area contributed by atoms with Crippen molar-refractivity contribution in [3.63, 3.8) is 0 Å². The quantitative estimate of drug-likeness (QED) is 0.226. The molecule has 0 spiro atoms. The van der Waals surface area contributed by atoms with Gasteiger partial charge in [-0.2, -0.15) is 0 Å². The maximum atomic E-state index is 4.95. The summed E-state index contributed by atoms with van der Waals surface area (Å²) >= 11 is 0. The summed E-state index contributed by atoms with van der Waals surface area (Å²) in [5.74, 6) is 0. The van der Waals surface area contributed by atoms with Crippen molar-refractivity contribution >= 4 is 80.8 Å². The van der Waals surface area contributed by atoms with Gasteiger partial charge in [0.15, 0.2) is 0 Å². The molecule has 0 atom stereocenters. The molecule has 2 aromatic rings. The van der Waals surface area contributed by atoms with Crippen molar-refractivity contribution < 1.29 is 27.5 Å². The molecule has 0 bridgehead atoms. The van der Waals surface area contributed by atoms with Crippen LogP contribution in [0.2, 0.25) is 0 Å². The zero-order chi connectivity index (χ0) is 20.4. The molecule has 14 heteroatoms. The number of rotatable bonds is 5. The number of hydrogen-bond donors (Lipinski definition) is 0. The molecule has 0 unspecified atom stereocenters. The third-order valence-electron chi connectivity index (χ3n) is 2.73. The van der Waals surface area contributed by atoms with E-state index >= 15 is 0 Å². The van der Waals surface area contributed by atoms with Gasteiger partial charge in [0.2, 0.25) is 12.7 Å². The Morgan fingerprint density at radius 3 is 1.12 bits per heavy atom. The summed E-state index contributed by atoms with van der Waals surface area (Å²) < 4.78 is 8.61. The van der Waals surface area contributed by atoms with Gasteiger partial charge in [-0.1, -0.05) is 0 Å². The van der Waals surface area contributed by atoms with E-state index in [9.17, 15) is 0 Å². The van der Waals surface area contributed by atoms with E-state index in [0.717, 1.165) is 13.1 Å². The van der Waals surface area contributed by atoms with Crippen LogP contribution in [0.15, 0.2) is 37.4 Å². The van der Waals surface area contributed by atoms with Gasteiger partial charge in [-0.15, -0.1) is 0 Å². The number of halogens is 8. The van der Waals surface area contributed by atoms with E-state index in [2.05, 4.69) is 69.8 Å². The van der Waals surface area contributed by atoms with E-state index in [1.807, 2.05) is 0 Å². The second kappa shape index (κ2) is 13.9. The fourth-order valence-corrected chi connectivity index (χ4v) is 1.86. The van der Waals surface area contributed by atoms with Gasteiger partial charge in [0.25, 0.3) is 0 Å². The van der Waals surface area contributed by atoms with Gasteiger partial charge in [-0.3, -0.25) is 0 Å². The van der Waals surface area contributed by atoms with Crippen LogP contribution in [0.5, 0.6) is 0 Å².